The molecule has 0 radical (unpaired) electrons. The second kappa shape index (κ2) is 7.58. The molecule has 0 aliphatic rings. The molecular formula is C17H17F2NO3. The summed E-state index contributed by atoms with van der Waals surface area (Å²) in [6, 6.07) is 11.4. The molecule has 0 saturated carbocycles. The summed E-state index contributed by atoms with van der Waals surface area (Å²) >= 11 is 0. The molecule has 1 N–H and O–H groups in total. The van der Waals surface area contributed by atoms with Crippen molar-refractivity contribution in [1.82, 2.24) is 0 Å². The van der Waals surface area contributed by atoms with Crippen molar-refractivity contribution in [3.05, 3.63) is 53.6 Å². The number of amides is 1. The third kappa shape index (κ3) is 4.67. The van der Waals surface area contributed by atoms with E-state index in [1.54, 1.807) is 19.1 Å². The Balaban J connectivity index is 2.19. The Morgan fingerprint density at radius 2 is 1.83 bits per heavy atom. The van der Waals surface area contributed by atoms with Crippen molar-refractivity contribution in [2.45, 2.75) is 20.5 Å². The summed E-state index contributed by atoms with van der Waals surface area (Å²) in [5, 5.41) is 2.73. The summed E-state index contributed by atoms with van der Waals surface area (Å²) < 4.78 is 34.4. The van der Waals surface area contributed by atoms with E-state index in [2.05, 4.69) is 10.1 Å². The first kappa shape index (κ1) is 16.7. The lowest BCUT2D eigenvalue weighted by Crippen LogP contribution is -2.12. The second-order valence-corrected chi connectivity index (χ2v) is 4.79. The number of carbonyl (C=O) groups excluding carboxylic acids is 1. The van der Waals surface area contributed by atoms with Gasteiger partial charge in [-0.3, -0.25) is 4.79 Å². The molecule has 1 amide bonds. The van der Waals surface area contributed by atoms with Crippen LogP contribution in [-0.2, 0) is 0 Å². The van der Waals surface area contributed by atoms with E-state index in [-0.39, 0.29) is 29.6 Å². The Morgan fingerprint density at radius 1 is 1.13 bits per heavy atom. The van der Waals surface area contributed by atoms with E-state index < -0.39 is 6.61 Å². The lowest BCUT2D eigenvalue weighted by Gasteiger charge is -2.13. The molecule has 0 aromatic heterocycles. The summed E-state index contributed by atoms with van der Waals surface area (Å²) in [4.78, 5) is 12.2. The molecule has 122 valence electrons. The number of anilines is 1. The molecule has 0 fully saturated rings. The van der Waals surface area contributed by atoms with Gasteiger partial charge in [-0.2, -0.15) is 8.78 Å². The highest BCUT2D eigenvalue weighted by molar-refractivity contribution is 6.04. The largest absolute Gasteiger partial charge is 0.490 e. The highest BCUT2D eigenvalue weighted by Gasteiger charge is 2.14. The van der Waals surface area contributed by atoms with Gasteiger partial charge in [-0.25, -0.2) is 0 Å². The van der Waals surface area contributed by atoms with Gasteiger partial charge < -0.3 is 14.8 Å². The minimum absolute atomic E-state index is 0.101. The molecule has 4 nitrogen and oxygen atoms in total. The number of ether oxygens (including phenoxy) is 2. The SMILES string of the molecule is CCOc1cc(C(=O)Nc2ccc(C)cc2)ccc1OC(F)F. The molecule has 6 heteroatoms. The van der Waals surface area contributed by atoms with E-state index in [0.29, 0.717) is 5.69 Å². The van der Waals surface area contributed by atoms with Gasteiger partial charge in [0.05, 0.1) is 6.61 Å². The molecule has 2 aromatic rings. The van der Waals surface area contributed by atoms with Gasteiger partial charge in [0.1, 0.15) is 0 Å². The summed E-state index contributed by atoms with van der Waals surface area (Å²) in [5.74, 6) is -0.364. The van der Waals surface area contributed by atoms with E-state index in [1.165, 1.54) is 18.2 Å². The minimum atomic E-state index is -2.96. The fourth-order valence-electron chi connectivity index (χ4n) is 1.95. The number of aryl methyl sites for hydroxylation is 1. The van der Waals surface area contributed by atoms with Crippen molar-refractivity contribution in [1.29, 1.82) is 0 Å². The van der Waals surface area contributed by atoms with Gasteiger partial charge in [-0.15, -0.1) is 0 Å². The fourth-order valence-corrected chi connectivity index (χ4v) is 1.95. The zero-order valence-electron chi connectivity index (χ0n) is 12.8. The molecule has 0 heterocycles. The van der Waals surface area contributed by atoms with Crippen LogP contribution < -0.4 is 14.8 Å². The van der Waals surface area contributed by atoms with Gasteiger partial charge in [0.2, 0.25) is 0 Å². The smallest absolute Gasteiger partial charge is 0.387 e. The van der Waals surface area contributed by atoms with E-state index >= 15 is 0 Å². The average Bonchev–Trinajstić information content (AvgIpc) is 2.51. The third-order valence-corrected chi connectivity index (χ3v) is 3.03. The number of alkyl halides is 2. The van der Waals surface area contributed by atoms with Crippen molar-refractivity contribution in [2.24, 2.45) is 0 Å². The van der Waals surface area contributed by atoms with Gasteiger partial charge in [-0.05, 0) is 44.2 Å². The molecule has 0 saturated heterocycles. The Bertz CT molecular complexity index is 672. The number of benzene rings is 2. The van der Waals surface area contributed by atoms with Gasteiger partial charge in [0.25, 0.3) is 5.91 Å². The Kier molecular flexibility index (Phi) is 5.51. The highest BCUT2D eigenvalue weighted by atomic mass is 19.3. The van der Waals surface area contributed by atoms with Crippen LogP contribution in [0, 0.1) is 6.92 Å². The highest BCUT2D eigenvalue weighted by Crippen LogP contribution is 2.30. The molecule has 0 aliphatic heterocycles. The summed E-state index contributed by atoms with van der Waals surface area (Å²) in [6.07, 6.45) is 0. The molecular weight excluding hydrogens is 304 g/mol. The number of nitrogens with one attached hydrogen (secondary N) is 1. The first-order valence-electron chi connectivity index (χ1n) is 7.09. The monoisotopic (exact) mass is 321 g/mol. The molecule has 2 rings (SSSR count). The van der Waals surface area contributed by atoms with Crippen LogP contribution in [0.15, 0.2) is 42.5 Å². The quantitative estimate of drug-likeness (QED) is 0.865. The van der Waals surface area contributed by atoms with Crippen LogP contribution in [0.3, 0.4) is 0 Å². The van der Waals surface area contributed by atoms with Crippen LogP contribution >= 0.6 is 0 Å². The predicted octanol–water partition coefficient (Wildman–Crippen LogP) is 4.25. The standard InChI is InChI=1S/C17H17F2NO3/c1-3-22-15-10-12(6-9-14(15)23-17(18)19)16(21)20-13-7-4-11(2)5-8-13/h4-10,17H,3H2,1-2H3,(H,20,21). The Morgan fingerprint density at radius 3 is 2.43 bits per heavy atom. The van der Waals surface area contributed by atoms with Crippen LogP contribution in [0.25, 0.3) is 0 Å². The van der Waals surface area contributed by atoms with Gasteiger partial charge in [-0.1, -0.05) is 17.7 Å². The molecule has 0 atom stereocenters. The van der Waals surface area contributed by atoms with E-state index in [4.69, 9.17) is 4.74 Å². The van der Waals surface area contributed by atoms with Crippen molar-refractivity contribution in [3.8, 4) is 11.5 Å². The van der Waals surface area contributed by atoms with Gasteiger partial charge in [0, 0.05) is 11.3 Å². The molecule has 0 bridgehead atoms. The van der Waals surface area contributed by atoms with E-state index in [1.807, 2.05) is 19.1 Å². The lowest BCUT2D eigenvalue weighted by molar-refractivity contribution is -0.0514. The first-order valence-corrected chi connectivity index (χ1v) is 7.09. The number of hydrogen-bond donors (Lipinski definition) is 1. The first-order chi connectivity index (χ1) is 11.0. The van der Waals surface area contributed by atoms with Gasteiger partial charge >= 0.3 is 6.61 Å². The maximum atomic E-state index is 12.4. The van der Waals surface area contributed by atoms with Crippen LogP contribution in [-0.4, -0.2) is 19.1 Å². The third-order valence-electron chi connectivity index (χ3n) is 3.03. The van der Waals surface area contributed by atoms with Crippen LogP contribution in [0.5, 0.6) is 11.5 Å². The number of carbonyl (C=O) groups is 1. The maximum absolute atomic E-state index is 12.4. The molecule has 23 heavy (non-hydrogen) atoms. The van der Waals surface area contributed by atoms with E-state index in [0.717, 1.165) is 5.56 Å². The summed E-state index contributed by atoms with van der Waals surface area (Å²) in [7, 11) is 0. The average molecular weight is 321 g/mol. The van der Waals surface area contributed by atoms with E-state index in [9.17, 15) is 13.6 Å². The van der Waals surface area contributed by atoms with Crippen LogP contribution in [0.1, 0.15) is 22.8 Å². The zero-order chi connectivity index (χ0) is 16.8. The van der Waals surface area contributed by atoms with Crippen molar-refractivity contribution in [2.75, 3.05) is 11.9 Å². The number of hydrogen-bond acceptors (Lipinski definition) is 3. The topological polar surface area (TPSA) is 47.6 Å². The van der Waals surface area contributed by atoms with Crippen molar-refractivity contribution < 1.29 is 23.0 Å². The molecule has 0 aliphatic carbocycles. The van der Waals surface area contributed by atoms with Gasteiger partial charge in [0.15, 0.2) is 11.5 Å². The summed E-state index contributed by atoms with van der Waals surface area (Å²) in [6.45, 7) is 0.969. The maximum Gasteiger partial charge on any atom is 0.387 e. The minimum Gasteiger partial charge on any atom is -0.490 e. The Labute approximate surface area is 133 Å². The van der Waals surface area contributed by atoms with Crippen LogP contribution in [0.4, 0.5) is 14.5 Å². The fraction of sp³-hybridized carbons (Fsp3) is 0.235. The number of rotatable bonds is 6. The summed E-state index contributed by atoms with van der Waals surface area (Å²) in [5.41, 5.74) is 2.01. The zero-order valence-corrected chi connectivity index (χ0v) is 12.8. The second-order valence-electron chi connectivity index (χ2n) is 4.79. The van der Waals surface area contributed by atoms with Crippen molar-refractivity contribution >= 4 is 11.6 Å². The molecule has 0 spiro atoms. The van der Waals surface area contributed by atoms with Crippen LogP contribution in [0.2, 0.25) is 0 Å². The van der Waals surface area contributed by atoms with Crippen molar-refractivity contribution in [3.63, 3.8) is 0 Å². The molecule has 2 aromatic carbocycles. The molecule has 0 unspecified atom stereocenters. The predicted molar refractivity (Wildman–Crippen MR) is 83.4 cm³/mol. The number of halogens is 2. The Hall–Kier alpha value is -2.63. The lowest BCUT2D eigenvalue weighted by atomic mass is 10.1. The normalized spacial score (nSPS) is 10.5.